The summed E-state index contributed by atoms with van der Waals surface area (Å²) >= 11 is 0. The van der Waals surface area contributed by atoms with Crippen molar-refractivity contribution in [3.8, 4) is 0 Å². The Morgan fingerprint density at radius 1 is 1.20 bits per heavy atom. The summed E-state index contributed by atoms with van der Waals surface area (Å²) in [6, 6.07) is 0.808. The normalized spacial score (nSPS) is 33.8. The average Bonchev–Trinajstić information content (AvgIpc) is 2.05. The minimum Gasteiger partial charge on any atom is -0.297 e. The molecule has 0 aliphatic carbocycles. The van der Waals surface area contributed by atoms with Gasteiger partial charge in [-0.2, -0.15) is 0 Å². The average molecular weight is 137 g/mol. The van der Waals surface area contributed by atoms with Gasteiger partial charge >= 0.3 is 0 Å². The van der Waals surface area contributed by atoms with Gasteiger partial charge in [0.05, 0.1) is 0 Å². The molecule has 1 nitrogen and oxygen atoms in total. The molecule has 0 spiro atoms. The van der Waals surface area contributed by atoms with Crippen LogP contribution in [0.25, 0.3) is 0 Å². The van der Waals surface area contributed by atoms with E-state index in [1.807, 2.05) is 0 Å². The topological polar surface area (TPSA) is 3.24 Å². The monoisotopic (exact) mass is 137 g/mol. The SMILES string of the molecule is C1=CC2CCCCN2CC1. The van der Waals surface area contributed by atoms with Gasteiger partial charge in [-0.1, -0.05) is 18.6 Å². The van der Waals surface area contributed by atoms with E-state index in [0.29, 0.717) is 0 Å². The lowest BCUT2D eigenvalue weighted by Crippen LogP contribution is -2.40. The Morgan fingerprint density at radius 2 is 2.20 bits per heavy atom. The largest absolute Gasteiger partial charge is 0.297 e. The van der Waals surface area contributed by atoms with Gasteiger partial charge < -0.3 is 0 Å². The zero-order valence-electron chi connectivity index (χ0n) is 6.42. The Hall–Kier alpha value is -0.300. The van der Waals surface area contributed by atoms with Crippen molar-refractivity contribution in [3.63, 3.8) is 0 Å². The van der Waals surface area contributed by atoms with Crippen molar-refractivity contribution in [2.45, 2.75) is 31.7 Å². The quantitative estimate of drug-likeness (QED) is 0.460. The summed E-state index contributed by atoms with van der Waals surface area (Å²) < 4.78 is 0. The molecule has 0 bridgehead atoms. The molecule has 0 radical (unpaired) electrons. The van der Waals surface area contributed by atoms with Gasteiger partial charge in [-0.25, -0.2) is 0 Å². The first-order valence-corrected chi connectivity index (χ1v) is 4.37. The lowest BCUT2D eigenvalue weighted by atomic mass is 9.99. The standard InChI is InChI=1S/C9H15N/c1-3-7-10-8-4-2-6-9(10)5-1/h1,5,9H,2-4,6-8H2. The summed E-state index contributed by atoms with van der Waals surface area (Å²) in [6.45, 7) is 2.65. The molecule has 1 unspecified atom stereocenters. The van der Waals surface area contributed by atoms with Crippen LogP contribution < -0.4 is 0 Å². The Morgan fingerprint density at radius 3 is 3.10 bits per heavy atom. The maximum atomic E-state index is 2.61. The molecular weight excluding hydrogens is 122 g/mol. The Labute approximate surface area is 62.7 Å². The fourth-order valence-corrected chi connectivity index (χ4v) is 2.01. The maximum absolute atomic E-state index is 2.61. The number of nitrogens with zero attached hydrogens (tertiary/aromatic N) is 1. The molecule has 2 rings (SSSR count). The first-order valence-electron chi connectivity index (χ1n) is 4.37. The molecule has 56 valence electrons. The smallest absolute Gasteiger partial charge is 0.0278 e. The highest BCUT2D eigenvalue weighted by Gasteiger charge is 2.20. The second-order valence-electron chi connectivity index (χ2n) is 3.32. The third kappa shape index (κ3) is 1.10. The van der Waals surface area contributed by atoms with Crippen LogP contribution in [0.1, 0.15) is 25.7 Å². The van der Waals surface area contributed by atoms with E-state index in [0.717, 1.165) is 6.04 Å². The fraction of sp³-hybridized carbons (Fsp3) is 0.778. The number of rotatable bonds is 0. The number of fused-ring (bicyclic) bond motifs is 1. The minimum atomic E-state index is 0.808. The van der Waals surface area contributed by atoms with Crippen LogP contribution in [0.15, 0.2) is 12.2 Å². The first-order chi connectivity index (χ1) is 4.97. The van der Waals surface area contributed by atoms with Crippen LogP contribution in [0.5, 0.6) is 0 Å². The van der Waals surface area contributed by atoms with E-state index in [4.69, 9.17) is 0 Å². The zero-order chi connectivity index (χ0) is 6.81. The molecule has 0 saturated carbocycles. The van der Waals surface area contributed by atoms with Crippen LogP contribution in [-0.2, 0) is 0 Å². The second kappa shape index (κ2) is 2.75. The molecule has 2 heterocycles. The molecule has 1 saturated heterocycles. The Kier molecular flexibility index (Phi) is 1.76. The van der Waals surface area contributed by atoms with Gasteiger partial charge in [0.2, 0.25) is 0 Å². The molecular formula is C9H15N. The van der Waals surface area contributed by atoms with Gasteiger partial charge in [0.25, 0.3) is 0 Å². The summed E-state index contributed by atoms with van der Waals surface area (Å²) in [4.78, 5) is 2.61. The third-order valence-electron chi connectivity index (χ3n) is 2.61. The van der Waals surface area contributed by atoms with Gasteiger partial charge in [0.15, 0.2) is 0 Å². The van der Waals surface area contributed by atoms with Crippen molar-refractivity contribution in [1.29, 1.82) is 0 Å². The fourth-order valence-electron chi connectivity index (χ4n) is 2.01. The van der Waals surface area contributed by atoms with Crippen molar-refractivity contribution in [2.75, 3.05) is 13.1 Å². The highest BCUT2D eigenvalue weighted by atomic mass is 15.2. The molecule has 0 aromatic carbocycles. The molecule has 1 atom stereocenters. The maximum Gasteiger partial charge on any atom is 0.0278 e. The van der Waals surface area contributed by atoms with Crippen LogP contribution in [0.2, 0.25) is 0 Å². The Bertz CT molecular complexity index is 140. The van der Waals surface area contributed by atoms with Gasteiger partial charge in [-0.05, 0) is 25.8 Å². The molecule has 1 fully saturated rings. The van der Waals surface area contributed by atoms with Crippen LogP contribution in [0.3, 0.4) is 0 Å². The molecule has 2 aliphatic heterocycles. The highest BCUT2D eigenvalue weighted by Crippen LogP contribution is 2.20. The second-order valence-corrected chi connectivity index (χ2v) is 3.32. The zero-order valence-corrected chi connectivity index (χ0v) is 6.42. The highest BCUT2D eigenvalue weighted by molar-refractivity contribution is 5.00. The first kappa shape index (κ1) is 6.41. The number of piperidine rings is 1. The van der Waals surface area contributed by atoms with E-state index in [-0.39, 0.29) is 0 Å². The van der Waals surface area contributed by atoms with E-state index in [2.05, 4.69) is 17.1 Å². The Balaban J connectivity index is 2.03. The summed E-state index contributed by atoms with van der Waals surface area (Å²) in [5.41, 5.74) is 0. The molecule has 0 amide bonds. The minimum absolute atomic E-state index is 0.808. The van der Waals surface area contributed by atoms with Crippen molar-refractivity contribution in [3.05, 3.63) is 12.2 Å². The lowest BCUT2D eigenvalue weighted by molar-refractivity contribution is 0.175. The van der Waals surface area contributed by atoms with Crippen LogP contribution in [0, 0.1) is 0 Å². The number of hydrogen-bond donors (Lipinski definition) is 0. The molecule has 0 N–H and O–H groups in total. The van der Waals surface area contributed by atoms with Gasteiger partial charge in [-0.3, -0.25) is 4.90 Å². The molecule has 0 aromatic heterocycles. The van der Waals surface area contributed by atoms with E-state index >= 15 is 0 Å². The summed E-state index contributed by atoms with van der Waals surface area (Å²) in [5.74, 6) is 0. The van der Waals surface area contributed by atoms with E-state index in [1.165, 1.54) is 38.8 Å². The third-order valence-corrected chi connectivity index (χ3v) is 2.61. The molecule has 2 aliphatic rings. The van der Waals surface area contributed by atoms with Crippen molar-refractivity contribution >= 4 is 0 Å². The van der Waals surface area contributed by atoms with Gasteiger partial charge in [0, 0.05) is 12.6 Å². The van der Waals surface area contributed by atoms with Crippen molar-refractivity contribution in [1.82, 2.24) is 4.90 Å². The van der Waals surface area contributed by atoms with E-state index in [1.54, 1.807) is 0 Å². The van der Waals surface area contributed by atoms with Crippen LogP contribution in [0.4, 0.5) is 0 Å². The van der Waals surface area contributed by atoms with Crippen molar-refractivity contribution in [2.24, 2.45) is 0 Å². The predicted octanol–water partition coefficient (Wildman–Crippen LogP) is 1.80. The number of hydrogen-bond acceptors (Lipinski definition) is 1. The van der Waals surface area contributed by atoms with Crippen LogP contribution in [-0.4, -0.2) is 24.0 Å². The molecule has 10 heavy (non-hydrogen) atoms. The van der Waals surface area contributed by atoms with Gasteiger partial charge in [0.1, 0.15) is 0 Å². The van der Waals surface area contributed by atoms with Crippen molar-refractivity contribution < 1.29 is 0 Å². The van der Waals surface area contributed by atoms with Crippen LogP contribution >= 0.6 is 0 Å². The van der Waals surface area contributed by atoms with E-state index < -0.39 is 0 Å². The summed E-state index contributed by atoms with van der Waals surface area (Å²) in [7, 11) is 0. The van der Waals surface area contributed by atoms with E-state index in [9.17, 15) is 0 Å². The lowest BCUT2D eigenvalue weighted by Gasteiger charge is -2.35. The molecule has 0 aromatic rings. The summed E-state index contributed by atoms with van der Waals surface area (Å²) in [5, 5.41) is 0. The summed E-state index contributed by atoms with van der Waals surface area (Å²) in [6.07, 6.45) is 10.3. The predicted molar refractivity (Wildman–Crippen MR) is 43.0 cm³/mol. The van der Waals surface area contributed by atoms with Gasteiger partial charge in [-0.15, -0.1) is 0 Å². The molecule has 1 heteroatoms.